The number of ether oxygens (including phenoxy) is 1. The van der Waals surface area contributed by atoms with Gasteiger partial charge in [0.15, 0.2) is 0 Å². The molecule has 8 heteroatoms. The maximum atomic E-state index is 13.1. The Balaban J connectivity index is 2.63. The van der Waals surface area contributed by atoms with Crippen LogP contribution < -0.4 is 10.1 Å². The largest absolute Gasteiger partial charge is 0.497 e. The van der Waals surface area contributed by atoms with Gasteiger partial charge in [-0.05, 0) is 24.1 Å². The third-order valence-electron chi connectivity index (χ3n) is 3.62. The van der Waals surface area contributed by atoms with Gasteiger partial charge in [-0.15, -0.1) is 0 Å². The summed E-state index contributed by atoms with van der Waals surface area (Å²) < 4.78 is 70.3. The average molecular weight is 361 g/mol. The van der Waals surface area contributed by atoms with Gasteiger partial charge < -0.3 is 10.1 Å². The van der Waals surface area contributed by atoms with Crippen molar-refractivity contribution in [1.29, 1.82) is 0 Å². The van der Waals surface area contributed by atoms with Crippen LogP contribution in [-0.2, 0) is 6.54 Å². The number of rotatable bonds is 10. The van der Waals surface area contributed by atoms with E-state index in [1.165, 1.54) is 7.11 Å². The topological polar surface area (TPSA) is 21.3 Å². The lowest BCUT2D eigenvalue weighted by Crippen LogP contribution is -2.35. The Kier molecular flexibility index (Phi) is 5.96. The third kappa shape index (κ3) is 7.39. The zero-order chi connectivity index (χ0) is 17.6. The molecule has 2 nitrogen and oxygen atoms in total. The summed E-state index contributed by atoms with van der Waals surface area (Å²) in [7, 11) is -7.98. The lowest BCUT2D eigenvalue weighted by molar-refractivity contribution is 0.329. The zero-order valence-corrected chi connectivity index (χ0v) is 14.2. The first kappa shape index (κ1) is 20.0. The van der Waals surface area contributed by atoms with Crippen LogP contribution in [0.1, 0.15) is 38.2 Å². The number of benzene rings is 1. The average Bonchev–Trinajstić information content (AvgIpc) is 2.44. The molecule has 0 aromatic heterocycles. The van der Waals surface area contributed by atoms with E-state index >= 15 is 0 Å². The standard InChI is InChI=1S/C15H24F5NOS/c1-3-4-5-6-15(23(16,17,18,19)20)12-21-11-13-7-9-14(22-2)10-8-13/h7-10,15,21H,3-6,11-12H2,1-2H3. The second-order valence-corrected chi connectivity index (χ2v) is 8.35. The molecule has 0 aliphatic rings. The lowest BCUT2D eigenvalue weighted by Gasteiger charge is -2.47. The van der Waals surface area contributed by atoms with E-state index in [1.54, 1.807) is 24.3 Å². The smallest absolute Gasteiger partial charge is 0.289 e. The molecule has 1 atom stereocenters. The fourth-order valence-electron chi connectivity index (χ4n) is 2.23. The number of hydrogen-bond acceptors (Lipinski definition) is 2. The third-order valence-corrected chi connectivity index (χ3v) is 5.28. The highest BCUT2D eigenvalue weighted by Crippen LogP contribution is 3.00. The summed E-state index contributed by atoms with van der Waals surface area (Å²) in [5.41, 5.74) is 0.709. The number of halogens is 5. The van der Waals surface area contributed by atoms with E-state index in [0.29, 0.717) is 24.2 Å². The Labute approximate surface area is 134 Å². The molecule has 1 aromatic carbocycles. The van der Waals surface area contributed by atoms with Gasteiger partial charge in [0.05, 0.1) is 7.11 Å². The first-order valence-electron chi connectivity index (χ1n) is 7.53. The predicted octanol–water partition coefficient (Wildman–Crippen LogP) is 6.03. The van der Waals surface area contributed by atoms with E-state index in [9.17, 15) is 19.4 Å². The molecule has 0 heterocycles. The molecule has 0 spiro atoms. The van der Waals surface area contributed by atoms with Crippen molar-refractivity contribution in [2.24, 2.45) is 0 Å². The Morgan fingerprint density at radius 2 is 1.65 bits per heavy atom. The van der Waals surface area contributed by atoms with Crippen LogP contribution in [0, 0.1) is 0 Å². The Morgan fingerprint density at radius 1 is 1.04 bits per heavy atom. The molecule has 23 heavy (non-hydrogen) atoms. The van der Waals surface area contributed by atoms with Crippen LogP contribution in [0.3, 0.4) is 0 Å². The molecule has 1 unspecified atom stereocenters. The van der Waals surface area contributed by atoms with Crippen molar-refractivity contribution < 1.29 is 24.2 Å². The first-order valence-corrected chi connectivity index (χ1v) is 9.54. The highest BCUT2D eigenvalue weighted by Gasteiger charge is 2.69. The van der Waals surface area contributed by atoms with Crippen molar-refractivity contribution in [2.75, 3.05) is 13.7 Å². The van der Waals surface area contributed by atoms with Crippen molar-refractivity contribution >= 4 is 10.2 Å². The molecule has 0 amide bonds. The SMILES string of the molecule is CCCCCC(CNCc1ccc(OC)cc1)S(F)(F)(F)(F)F. The number of nitrogens with one attached hydrogen (secondary N) is 1. The van der Waals surface area contributed by atoms with Gasteiger partial charge in [0.2, 0.25) is 0 Å². The van der Waals surface area contributed by atoms with Crippen LogP contribution in [0.2, 0.25) is 0 Å². The Hall–Kier alpha value is -1.02. The van der Waals surface area contributed by atoms with Gasteiger partial charge in [-0.1, -0.05) is 57.7 Å². The van der Waals surface area contributed by atoms with Crippen molar-refractivity contribution in [3.63, 3.8) is 0 Å². The van der Waals surface area contributed by atoms with Gasteiger partial charge >= 0.3 is 0 Å². The second-order valence-electron chi connectivity index (χ2n) is 5.63. The summed E-state index contributed by atoms with van der Waals surface area (Å²) in [6.07, 6.45) is 0.813. The summed E-state index contributed by atoms with van der Waals surface area (Å²) in [6, 6.07) is 6.69. The van der Waals surface area contributed by atoms with Crippen LogP contribution in [0.5, 0.6) is 5.75 Å². The molecule has 0 fully saturated rings. The van der Waals surface area contributed by atoms with Crippen LogP contribution in [0.15, 0.2) is 24.3 Å². The normalized spacial score (nSPS) is 16.5. The molecule has 0 aliphatic heterocycles. The molecule has 0 bridgehead atoms. The van der Waals surface area contributed by atoms with E-state index in [-0.39, 0.29) is 13.0 Å². The van der Waals surface area contributed by atoms with Gasteiger partial charge in [-0.3, -0.25) is 0 Å². The molecule has 136 valence electrons. The van der Waals surface area contributed by atoms with Crippen molar-refractivity contribution in [1.82, 2.24) is 5.32 Å². The zero-order valence-electron chi connectivity index (χ0n) is 13.3. The number of unbranched alkanes of at least 4 members (excludes halogenated alkanes) is 2. The summed E-state index contributed by atoms with van der Waals surface area (Å²) in [6.45, 7) is 1.15. The summed E-state index contributed by atoms with van der Waals surface area (Å²) in [4.78, 5) is 0. The Bertz CT molecular complexity index is 488. The van der Waals surface area contributed by atoms with E-state index < -0.39 is 28.4 Å². The maximum absolute atomic E-state index is 13.1. The molecule has 0 saturated carbocycles. The van der Waals surface area contributed by atoms with Gasteiger partial charge in [0, 0.05) is 13.1 Å². The summed E-state index contributed by atoms with van der Waals surface area (Å²) >= 11 is 0. The van der Waals surface area contributed by atoms with Crippen molar-refractivity contribution in [3.8, 4) is 5.75 Å². The Morgan fingerprint density at radius 3 is 2.13 bits per heavy atom. The molecule has 0 radical (unpaired) electrons. The minimum Gasteiger partial charge on any atom is -0.497 e. The summed E-state index contributed by atoms with van der Waals surface area (Å²) in [5, 5.41) is -0.0717. The highest BCUT2D eigenvalue weighted by atomic mass is 32.5. The molecule has 0 saturated heterocycles. The molecule has 0 aliphatic carbocycles. The second kappa shape index (κ2) is 6.84. The van der Waals surface area contributed by atoms with Gasteiger partial charge in [0.25, 0.3) is 10.2 Å². The summed E-state index contributed by atoms with van der Waals surface area (Å²) in [5.74, 6) is 0.623. The molecular weight excluding hydrogens is 337 g/mol. The minimum atomic E-state index is -9.48. The first-order chi connectivity index (χ1) is 10.5. The number of methoxy groups -OCH3 is 1. The van der Waals surface area contributed by atoms with E-state index in [1.807, 2.05) is 6.92 Å². The van der Waals surface area contributed by atoms with Crippen molar-refractivity contribution in [3.05, 3.63) is 29.8 Å². The van der Waals surface area contributed by atoms with Crippen LogP contribution >= 0.6 is 10.2 Å². The monoisotopic (exact) mass is 361 g/mol. The number of hydrogen-bond donors (Lipinski definition) is 1. The quantitative estimate of drug-likeness (QED) is 0.406. The molecular formula is C15H24F5NOS. The lowest BCUT2D eigenvalue weighted by atomic mass is 10.1. The van der Waals surface area contributed by atoms with Crippen LogP contribution in [0.4, 0.5) is 19.4 Å². The fraction of sp³-hybridized carbons (Fsp3) is 0.600. The molecule has 1 aromatic rings. The minimum absolute atomic E-state index is 0.0993. The maximum Gasteiger partial charge on any atom is 0.289 e. The van der Waals surface area contributed by atoms with Gasteiger partial charge in [-0.25, -0.2) is 0 Å². The highest BCUT2D eigenvalue weighted by molar-refractivity contribution is 8.46. The van der Waals surface area contributed by atoms with Crippen LogP contribution in [0.25, 0.3) is 0 Å². The molecule has 1 rings (SSSR count). The van der Waals surface area contributed by atoms with Gasteiger partial charge in [0.1, 0.15) is 11.0 Å². The van der Waals surface area contributed by atoms with E-state index in [2.05, 4.69) is 5.32 Å². The van der Waals surface area contributed by atoms with Crippen molar-refractivity contribution in [2.45, 2.75) is 44.4 Å². The van der Waals surface area contributed by atoms with Crippen LogP contribution in [-0.4, -0.2) is 18.9 Å². The van der Waals surface area contributed by atoms with Gasteiger partial charge in [-0.2, -0.15) is 0 Å². The van der Waals surface area contributed by atoms with E-state index in [0.717, 1.165) is 0 Å². The van der Waals surface area contributed by atoms with E-state index in [4.69, 9.17) is 4.74 Å². The fourth-order valence-corrected chi connectivity index (χ4v) is 3.27. The molecule has 1 N–H and O–H groups in total. The predicted molar refractivity (Wildman–Crippen MR) is 85.8 cm³/mol.